The van der Waals surface area contributed by atoms with Gasteiger partial charge in [-0.15, -0.1) is 0 Å². The number of fused-ring (bicyclic) bond motifs is 2. The molecular weight excluding hydrogens is 296 g/mol. The van der Waals surface area contributed by atoms with E-state index in [1.54, 1.807) is 22.4 Å². The lowest BCUT2D eigenvalue weighted by Crippen LogP contribution is -2.60. The van der Waals surface area contributed by atoms with E-state index in [-0.39, 0.29) is 6.29 Å². The number of allylic oxidation sites excluding steroid dienone is 2. The second kappa shape index (κ2) is 6.47. The van der Waals surface area contributed by atoms with Crippen molar-refractivity contribution in [2.24, 2.45) is 5.92 Å². The molecule has 1 saturated carbocycles. The van der Waals surface area contributed by atoms with Gasteiger partial charge in [-0.2, -0.15) is 0 Å². The van der Waals surface area contributed by atoms with Crippen molar-refractivity contribution in [3.8, 4) is 0 Å². The Labute approximate surface area is 146 Å². The third kappa shape index (κ3) is 2.54. The molecule has 2 heterocycles. The highest BCUT2D eigenvalue weighted by Gasteiger charge is 2.43. The SMILES string of the molecule is C1CCC(C2C3=C(NC4NCNN42)C2=C(CCCC2)CCC3)CC1. The molecule has 0 aromatic heterocycles. The van der Waals surface area contributed by atoms with Crippen molar-refractivity contribution in [3.63, 3.8) is 0 Å². The molecule has 2 unspecified atom stereocenters. The van der Waals surface area contributed by atoms with Gasteiger partial charge in [-0.25, -0.2) is 10.4 Å². The summed E-state index contributed by atoms with van der Waals surface area (Å²) >= 11 is 0. The molecule has 4 heteroatoms. The number of hydrogen-bond donors (Lipinski definition) is 3. The summed E-state index contributed by atoms with van der Waals surface area (Å²) in [6.07, 6.45) is 16.8. The zero-order valence-corrected chi connectivity index (χ0v) is 14.9. The van der Waals surface area contributed by atoms with Gasteiger partial charge in [0.05, 0.1) is 12.7 Å². The minimum Gasteiger partial charge on any atom is -0.356 e. The number of nitrogens with one attached hydrogen (secondary N) is 3. The summed E-state index contributed by atoms with van der Waals surface area (Å²) in [6, 6.07) is 0.607. The molecule has 24 heavy (non-hydrogen) atoms. The van der Waals surface area contributed by atoms with Crippen LogP contribution in [0.5, 0.6) is 0 Å². The lowest BCUT2D eigenvalue weighted by Gasteiger charge is -2.45. The van der Waals surface area contributed by atoms with E-state index in [9.17, 15) is 0 Å². The average molecular weight is 329 g/mol. The maximum absolute atomic E-state index is 3.90. The fourth-order valence-corrected chi connectivity index (χ4v) is 5.90. The standard InChI is InChI=1S/C20H32N4/c1-2-8-15(9-3-1)19-17-12-6-10-14-7-4-5-11-16(14)18(17)23-20-21-13-22-24(19)20/h15,19-23H,1-13H2. The van der Waals surface area contributed by atoms with Gasteiger partial charge in [-0.1, -0.05) is 24.8 Å². The summed E-state index contributed by atoms with van der Waals surface area (Å²) in [5, 5.41) is 10.1. The Kier molecular flexibility index (Phi) is 4.16. The zero-order chi connectivity index (χ0) is 15.9. The Morgan fingerprint density at radius 2 is 1.67 bits per heavy atom. The summed E-state index contributed by atoms with van der Waals surface area (Å²) < 4.78 is 0. The van der Waals surface area contributed by atoms with Crippen molar-refractivity contribution >= 4 is 0 Å². The molecule has 2 atom stereocenters. The predicted octanol–water partition coefficient (Wildman–Crippen LogP) is 3.50. The van der Waals surface area contributed by atoms with Gasteiger partial charge in [-0.05, 0) is 74.9 Å². The monoisotopic (exact) mass is 328 g/mol. The summed E-state index contributed by atoms with van der Waals surface area (Å²) in [7, 11) is 0. The molecule has 132 valence electrons. The fraction of sp³-hybridized carbons (Fsp3) is 0.800. The zero-order valence-electron chi connectivity index (χ0n) is 14.9. The van der Waals surface area contributed by atoms with Crippen LogP contribution in [0.2, 0.25) is 0 Å². The van der Waals surface area contributed by atoms with Crippen LogP contribution in [0.4, 0.5) is 0 Å². The predicted molar refractivity (Wildman–Crippen MR) is 96.6 cm³/mol. The Hall–Kier alpha value is -0.840. The van der Waals surface area contributed by atoms with Crippen LogP contribution in [0.3, 0.4) is 0 Å². The van der Waals surface area contributed by atoms with E-state index >= 15 is 0 Å². The summed E-state index contributed by atoms with van der Waals surface area (Å²) in [6.45, 7) is 0.896. The first kappa shape index (κ1) is 15.4. The third-order valence-corrected chi connectivity index (χ3v) is 7.00. The molecule has 2 fully saturated rings. The van der Waals surface area contributed by atoms with Crippen LogP contribution >= 0.6 is 0 Å². The van der Waals surface area contributed by atoms with Crippen LogP contribution in [-0.2, 0) is 0 Å². The molecule has 0 bridgehead atoms. The van der Waals surface area contributed by atoms with Gasteiger partial charge in [0.2, 0.25) is 0 Å². The molecule has 0 aromatic carbocycles. The second-order valence-corrected chi connectivity index (χ2v) is 8.38. The first-order chi connectivity index (χ1) is 11.9. The van der Waals surface area contributed by atoms with E-state index in [2.05, 4.69) is 21.1 Å². The molecule has 5 aliphatic rings. The third-order valence-electron chi connectivity index (χ3n) is 7.00. The Bertz CT molecular complexity index is 558. The van der Waals surface area contributed by atoms with Crippen molar-refractivity contribution < 1.29 is 0 Å². The highest BCUT2D eigenvalue weighted by Crippen LogP contribution is 2.43. The molecule has 0 spiro atoms. The molecule has 1 saturated heterocycles. The molecule has 0 amide bonds. The fourth-order valence-electron chi connectivity index (χ4n) is 5.90. The van der Waals surface area contributed by atoms with E-state index in [0.717, 1.165) is 12.6 Å². The van der Waals surface area contributed by atoms with Crippen LogP contribution in [0.15, 0.2) is 22.4 Å². The largest absolute Gasteiger partial charge is 0.356 e. The molecule has 4 nitrogen and oxygen atoms in total. The molecule has 0 aromatic rings. The lowest BCUT2D eigenvalue weighted by molar-refractivity contribution is 0.0548. The highest BCUT2D eigenvalue weighted by atomic mass is 15.7. The molecule has 2 aliphatic heterocycles. The van der Waals surface area contributed by atoms with Crippen LogP contribution in [0.25, 0.3) is 0 Å². The minimum absolute atomic E-state index is 0.282. The summed E-state index contributed by atoms with van der Waals surface area (Å²) in [5.41, 5.74) is 10.4. The van der Waals surface area contributed by atoms with Crippen molar-refractivity contribution in [1.29, 1.82) is 0 Å². The number of rotatable bonds is 1. The quantitative estimate of drug-likeness (QED) is 0.689. The normalized spacial score (nSPS) is 35.2. The van der Waals surface area contributed by atoms with E-state index in [1.165, 1.54) is 77.0 Å². The van der Waals surface area contributed by atoms with Crippen LogP contribution < -0.4 is 16.1 Å². The minimum atomic E-state index is 0.282. The van der Waals surface area contributed by atoms with Crippen molar-refractivity contribution in [2.45, 2.75) is 89.4 Å². The summed E-state index contributed by atoms with van der Waals surface area (Å²) in [5.74, 6) is 0.839. The van der Waals surface area contributed by atoms with Crippen LogP contribution in [0, 0.1) is 5.92 Å². The van der Waals surface area contributed by atoms with Crippen molar-refractivity contribution in [2.75, 3.05) is 6.67 Å². The smallest absolute Gasteiger partial charge is 0.149 e. The van der Waals surface area contributed by atoms with Crippen LogP contribution in [0.1, 0.15) is 77.0 Å². The van der Waals surface area contributed by atoms with E-state index < -0.39 is 0 Å². The molecule has 3 N–H and O–H groups in total. The maximum atomic E-state index is 3.90. The average Bonchev–Trinajstić information content (AvgIpc) is 3.02. The Morgan fingerprint density at radius 3 is 2.58 bits per heavy atom. The van der Waals surface area contributed by atoms with E-state index in [1.807, 2.05) is 0 Å². The molecule has 3 aliphatic carbocycles. The van der Waals surface area contributed by atoms with Gasteiger partial charge in [0.25, 0.3) is 0 Å². The van der Waals surface area contributed by atoms with Gasteiger partial charge in [-0.3, -0.25) is 5.32 Å². The summed E-state index contributed by atoms with van der Waals surface area (Å²) in [4.78, 5) is 0. The maximum Gasteiger partial charge on any atom is 0.149 e. The van der Waals surface area contributed by atoms with E-state index in [4.69, 9.17) is 0 Å². The van der Waals surface area contributed by atoms with Gasteiger partial charge in [0, 0.05) is 5.70 Å². The molecular formula is C20H32N4. The molecule has 5 rings (SSSR count). The molecule has 0 radical (unpaired) electrons. The van der Waals surface area contributed by atoms with Gasteiger partial charge >= 0.3 is 0 Å². The van der Waals surface area contributed by atoms with Crippen molar-refractivity contribution in [1.82, 2.24) is 21.1 Å². The van der Waals surface area contributed by atoms with E-state index in [0.29, 0.717) is 6.04 Å². The topological polar surface area (TPSA) is 39.3 Å². The van der Waals surface area contributed by atoms with Crippen molar-refractivity contribution in [3.05, 3.63) is 22.4 Å². The number of nitrogens with zero attached hydrogens (tertiary/aromatic N) is 1. The first-order valence-corrected chi connectivity index (χ1v) is 10.4. The number of hydrogen-bond acceptors (Lipinski definition) is 4. The van der Waals surface area contributed by atoms with Gasteiger partial charge in [0.1, 0.15) is 6.29 Å². The van der Waals surface area contributed by atoms with Gasteiger partial charge in [0.15, 0.2) is 0 Å². The Morgan fingerprint density at radius 1 is 0.833 bits per heavy atom. The first-order valence-electron chi connectivity index (χ1n) is 10.4. The second-order valence-electron chi connectivity index (χ2n) is 8.38. The Balaban J connectivity index is 1.57. The number of hydrazine groups is 1. The van der Waals surface area contributed by atoms with Crippen LogP contribution in [-0.4, -0.2) is 24.0 Å². The lowest BCUT2D eigenvalue weighted by atomic mass is 9.77. The highest BCUT2D eigenvalue weighted by molar-refractivity contribution is 5.44. The van der Waals surface area contributed by atoms with Gasteiger partial charge < -0.3 is 5.32 Å².